The number of ketones is 1. The standard InChI is InChI=1S/C12H9ClO3/c1-7-5-8(10(14)6-9(7)13)12(15)11-3-2-4-16-11/h2-6,14H,1H3. The van der Waals surface area contributed by atoms with E-state index in [-0.39, 0.29) is 22.9 Å². The maximum Gasteiger partial charge on any atom is 0.231 e. The first kappa shape index (κ1) is 10.8. The van der Waals surface area contributed by atoms with Gasteiger partial charge in [0.05, 0.1) is 11.8 Å². The Kier molecular flexibility index (Phi) is 2.71. The second-order valence-corrected chi connectivity index (χ2v) is 3.83. The molecule has 1 aromatic carbocycles. The van der Waals surface area contributed by atoms with Gasteiger partial charge in [0.15, 0.2) is 5.76 Å². The highest BCUT2D eigenvalue weighted by molar-refractivity contribution is 6.31. The Morgan fingerprint density at radius 2 is 2.19 bits per heavy atom. The van der Waals surface area contributed by atoms with Gasteiger partial charge in [0, 0.05) is 5.02 Å². The molecule has 2 rings (SSSR count). The van der Waals surface area contributed by atoms with Gasteiger partial charge in [-0.25, -0.2) is 0 Å². The maximum atomic E-state index is 11.9. The summed E-state index contributed by atoms with van der Waals surface area (Å²) in [6.07, 6.45) is 1.41. The summed E-state index contributed by atoms with van der Waals surface area (Å²) in [4.78, 5) is 11.9. The number of carbonyl (C=O) groups is 1. The second-order valence-electron chi connectivity index (χ2n) is 3.42. The van der Waals surface area contributed by atoms with Crippen molar-refractivity contribution in [3.05, 3.63) is 52.4 Å². The molecule has 3 nitrogen and oxygen atoms in total. The van der Waals surface area contributed by atoms with Crippen molar-refractivity contribution < 1.29 is 14.3 Å². The van der Waals surface area contributed by atoms with Crippen molar-refractivity contribution in [3.8, 4) is 5.75 Å². The lowest BCUT2D eigenvalue weighted by Crippen LogP contribution is -2.00. The van der Waals surface area contributed by atoms with Crippen LogP contribution in [0.15, 0.2) is 34.9 Å². The van der Waals surface area contributed by atoms with E-state index in [2.05, 4.69) is 0 Å². The van der Waals surface area contributed by atoms with Crippen LogP contribution in [-0.2, 0) is 0 Å². The molecule has 4 heteroatoms. The number of phenolic OH excluding ortho intramolecular Hbond substituents is 1. The Balaban J connectivity index is 2.49. The maximum absolute atomic E-state index is 11.9. The number of aryl methyl sites for hydroxylation is 1. The number of halogens is 1. The number of furan rings is 1. The molecular formula is C12H9ClO3. The lowest BCUT2D eigenvalue weighted by molar-refractivity contribution is 0.101. The van der Waals surface area contributed by atoms with E-state index < -0.39 is 0 Å². The number of phenols is 1. The molecular weight excluding hydrogens is 228 g/mol. The lowest BCUT2D eigenvalue weighted by atomic mass is 10.1. The van der Waals surface area contributed by atoms with Gasteiger partial charge in [-0.05, 0) is 36.8 Å². The number of hydrogen-bond donors (Lipinski definition) is 1. The van der Waals surface area contributed by atoms with Gasteiger partial charge in [-0.2, -0.15) is 0 Å². The fourth-order valence-corrected chi connectivity index (χ4v) is 1.55. The van der Waals surface area contributed by atoms with E-state index >= 15 is 0 Å². The molecule has 0 aliphatic heterocycles. The van der Waals surface area contributed by atoms with Crippen LogP contribution in [0.4, 0.5) is 0 Å². The van der Waals surface area contributed by atoms with Crippen molar-refractivity contribution in [1.82, 2.24) is 0 Å². The van der Waals surface area contributed by atoms with Crippen LogP contribution in [-0.4, -0.2) is 10.9 Å². The smallest absolute Gasteiger partial charge is 0.231 e. The van der Waals surface area contributed by atoms with E-state index in [4.69, 9.17) is 16.0 Å². The zero-order valence-electron chi connectivity index (χ0n) is 8.53. The average Bonchev–Trinajstić information content (AvgIpc) is 2.75. The Bertz CT molecular complexity index is 529. The largest absolute Gasteiger partial charge is 0.507 e. The van der Waals surface area contributed by atoms with Gasteiger partial charge in [0.1, 0.15) is 5.75 Å². The highest BCUT2D eigenvalue weighted by Crippen LogP contribution is 2.27. The molecule has 1 aromatic heterocycles. The third-order valence-electron chi connectivity index (χ3n) is 2.27. The number of carbonyl (C=O) groups excluding carboxylic acids is 1. The molecule has 2 aromatic rings. The first-order valence-corrected chi connectivity index (χ1v) is 5.04. The third kappa shape index (κ3) is 1.82. The van der Waals surface area contributed by atoms with E-state index in [1.165, 1.54) is 12.3 Å². The van der Waals surface area contributed by atoms with Gasteiger partial charge < -0.3 is 9.52 Å². The minimum absolute atomic E-state index is 0.142. The van der Waals surface area contributed by atoms with Gasteiger partial charge in [-0.15, -0.1) is 0 Å². The van der Waals surface area contributed by atoms with Crippen LogP contribution in [0.3, 0.4) is 0 Å². The minimum Gasteiger partial charge on any atom is -0.507 e. The molecule has 0 spiro atoms. The predicted octanol–water partition coefficient (Wildman–Crippen LogP) is 3.18. The van der Waals surface area contributed by atoms with Gasteiger partial charge >= 0.3 is 0 Å². The van der Waals surface area contributed by atoms with E-state index in [0.29, 0.717) is 5.02 Å². The molecule has 0 radical (unpaired) electrons. The van der Waals surface area contributed by atoms with E-state index in [0.717, 1.165) is 5.56 Å². The normalized spacial score (nSPS) is 10.4. The lowest BCUT2D eigenvalue weighted by Gasteiger charge is -2.04. The number of benzene rings is 1. The van der Waals surface area contributed by atoms with Crippen LogP contribution in [0.25, 0.3) is 0 Å². The van der Waals surface area contributed by atoms with Gasteiger partial charge in [-0.1, -0.05) is 11.6 Å². The number of rotatable bonds is 2. The average molecular weight is 237 g/mol. The highest BCUT2D eigenvalue weighted by atomic mass is 35.5. The molecule has 0 bridgehead atoms. The molecule has 0 amide bonds. The highest BCUT2D eigenvalue weighted by Gasteiger charge is 2.17. The summed E-state index contributed by atoms with van der Waals surface area (Å²) in [7, 11) is 0. The topological polar surface area (TPSA) is 50.4 Å². The Morgan fingerprint density at radius 3 is 2.81 bits per heavy atom. The monoisotopic (exact) mass is 236 g/mol. The number of hydrogen-bond acceptors (Lipinski definition) is 3. The molecule has 1 heterocycles. The van der Waals surface area contributed by atoms with Crippen molar-refractivity contribution in [1.29, 1.82) is 0 Å². The molecule has 0 aliphatic carbocycles. The van der Waals surface area contributed by atoms with Crippen LogP contribution in [0, 0.1) is 6.92 Å². The summed E-state index contributed by atoms with van der Waals surface area (Å²) in [5.41, 5.74) is 0.922. The molecule has 1 N–H and O–H groups in total. The molecule has 16 heavy (non-hydrogen) atoms. The van der Waals surface area contributed by atoms with E-state index in [1.807, 2.05) is 0 Å². The summed E-state index contributed by atoms with van der Waals surface area (Å²) >= 11 is 5.82. The van der Waals surface area contributed by atoms with Crippen molar-refractivity contribution in [2.75, 3.05) is 0 Å². The fraction of sp³-hybridized carbons (Fsp3) is 0.0833. The van der Waals surface area contributed by atoms with Gasteiger partial charge in [0.2, 0.25) is 5.78 Å². The third-order valence-corrected chi connectivity index (χ3v) is 2.67. The Hall–Kier alpha value is -1.74. The Labute approximate surface area is 97.3 Å². The predicted molar refractivity (Wildman–Crippen MR) is 60.0 cm³/mol. The van der Waals surface area contributed by atoms with Crippen molar-refractivity contribution in [2.24, 2.45) is 0 Å². The van der Waals surface area contributed by atoms with Crippen molar-refractivity contribution in [2.45, 2.75) is 6.92 Å². The summed E-state index contributed by atoms with van der Waals surface area (Å²) in [6, 6.07) is 6.06. The first-order valence-electron chi connectivity index (χ1n) is 4.67. The van der Waals surface area contributed by atoms with E-state index in [1.54, 1.807) is 25.1 Å². The van der Waals surface area contributed by atoms with Crippen molar-refractivity contribution in [3.63, 3.8) is 0 Å². The molecule has 0 fully saturated rings. The second kappa shape index (κ2) is 4.02. The van der Waals surface area contributed by atoms with Crippen LogP contribution >= 0.6 is 11.6 Å². The van der Waals surface area contributed by atoms with Crippen LogP contribution in [0.2, 0.25) is 5.02 Å². The van der Waals surface area contributed by atoms with Gasteiger partial charge in [-0.3, -0.25) is 4.79 Å². The molecule has 0 unspecified atom stereocenters. The zero-order chi connectivity index (χ0) is 11.7. The van der Waals surface area contributed by atoms with Crippen LogP contribution in [0.5, 0.6) is 5.75 Å². The van der Waals surface area contributed by atoms with E-state index in [9.17, 15) is 9.90 Å². The minimum atomic E-state index is -0.359. The Morgan fingerprint density at radius 1 is 1.44 bits per heavy atom. The fourth-order valence-electron chi connectivity index (χ4n) is 1.39. The molecule has 0 saturated carbocycles. The first-order chi connectivity index (χ1) is 7.59. The summed E-state index contributed by atoms with van der Waals surface area (Å²) in [5.74, 6) is -0.309. The molecule has 0 saturated heterocycles. The zero-order valence-corrected chi connectivity index (χ0v) is 9.28. The quantitative estimate of drug-likeness (QED) is 0.815. The summed E-state index contributed by atoms with van der Waals surface area (Å²) < 4.78 is 4.98. The van der Waals surface area contributed by atoms with Gasteiger partial charge in [0.25, 0.3) is 0 Å². The molecule has 0 aliphatic rings. The molecule has 0 atom stereocenters. The van der Waals surface area contributed by atoms with Crippen LogP contribution in [0.1, 0.15) is 21.7 Å². The summed E-state index contributed by atoms with van der Waals surface area (Å²) in [5, 5.41) is 10.1. The van der Waals surface area contributed by atoms with Crippen LogP contribution < -0.4 is 0 Å². The summed E-state index contributed by atoms with van der Waals surface area (Å²) in [6.45, 7) is 1.76. The van der Waals surface area contributed by atoms with Crippen molar-refractivity contribution >= 4 is 17.4 Å². The SMILES string of the molecule is Cc1cc(C(=O)c2ccco2)c(O)cc1Cl. The molecule has 82 valence electrons. The number of aromatic hydroxyl groups is 1.